The van der Waals surface area contributed by atoms with Gasteiger partial charge in [-0.25, -0.2) is 4.98 Å². The molecule has 0 aromatic carbocycles. The number of likely N-dealkylation sites (N-methyl/N-ethyl adjacent to an activating group) is 1. The number of rotatable bonds is 2. The van der Waals surface area contributed by atoms with E-state index in [1.54, 1.807) is 0 Å². The maximum atomic E-state index is 4.43. The fourth-order valence-corrected chi connectivity index (χ4v) is 2.07. The normalized spacial score (nSPS) is 14.4. The van der Waals surface area contributed by atoms with Crippen molar-refractivity contribution < 1.29 is 0 Å². The van der Waals surface area contributed by atoms with Crippen LogP contribution < -0.4 is 10.2 Å². The number of hydrogen-bond donors (Lipinski definition) is 1. The summed E-state index contributed by atoms with van der Waals surface area (Å²) >= 11 is 0. The number of aromatic nitrogens is 1. The molecule has 0 amide bonds. The van der Waals surface area contributed by atoms with E-state index in [1.165, 1.54) is 11.3 Å². The molecule has 15 heavy (non-hydrogen) atoms. The van der Waals surface area contributed by atoms with Crippen LogP contribution >= 0.6 is 0 Å². The minimum absolute atomic E-state index is 0.973. The topological polar surface area (TPSA) is 28.2 Å². The number of fused-ring (bicyclic) bond motifs is 1. The van der Waals surface area contributed by atoms with Gasteiger partial charge in [-0.3, -0.25) is 0 Å². The Labute approximate surface area is 90.8 Å². The molecule has 3 nitrogen and oxygen atoms in total. The second-order valence-corrected chi connectivity index (χ2v) is 3.75. The molecule has 1 aromatic rings. The average Bonchev–Trinajstić information content (AvgIpc) is 2.29. The van der Waals surface area contributed by atoms with Gasteiger partial charge >= 0.3 is 0 Å². The van der Waals surface area contributed by atoms with Gasteiger partial charge in [0.2, 0.25) is 0 Å². The molecular formula is C12H17N3. The Balaban J connectivity index is 2.55. The second-order valence-electron chi connectivity index (χ2n) is 3.75. The molecule has 1 aliphatic heterocycles. The zero-order valence-corrected chi connectivity index (χ0v) is 9.38. The molecular weight excluding hydrogens is 186 g/mol. The molecule has 0 saturated carbocycles. The molecule has 2 rings (SSSR count). The molecule has 3 heteroatoms. The Morgan fingerprint density at radius 2 is 2.47 bits per heavy atom. The fourth-order valence-electron chi connectivity index (χ4n) is 2.07. The maximum absolute atomic E-state index is 4.43. The van der Waals surface area contributed by atoms with E-state index in [0.29, 0.717) is 0 Å². The highest BCUT2D eigenvalue weighted by Crippen LogP contribution is 2.32. The molecule has 0 aliphatic carbocycles. The lowest BCUT2D eigenvalue weighted by atomic mass is 10.1. The second kappa shape index (κ2) is 3.93. The number of pyridine rings is 1. The summed E-state index contributed by atoms with van der Waals surface area (Å²) in [7, 11) is 0. The highest BCUT2D eigenvalue weighted by Gasteiger charge is 2.19. The summed E-state index contributed by atoms with van der Waals surface area (Å²) in [5.41, 5.74) is 3.63. The number of nitrogens with one attached hydrogen (secondary N) is 1. The zero-order valence-electron chi connectivity index (χ0n) is 9.38. The van der Waals surface area contributed by atoms with Crippen LogP contribution in [0.1, 0.15) is 18.1 Å². The minimum Gasteiger partial charge on any atom is -0.367 e. The largest absolute Gasteiger partial charge is 0.367 e. The Hall–Kier alpha value is -1.51. The predicted molar refractivity (Wildman–Crippen MR) is 65.4 cm³/mol. The predicted octanol–water partition coefficient (Wildman–Crippen LogP) is 2.28. The molecule has 1 aliphatic rings. The lowest BCUT2D eigenvalue weighted by Crippen LogP contribution is -2.35. The van der Waals surface area contributed by atoms with Crippen molar-refractivity contribution in [3.05, 3.63) is 23.9 Å². The number of hydrogen-bond acceptors (Lipinski definition) is 3. The first kappa shape index (κ1) is 10.0. The van der Waals surface area contributed by atoms with E-state index in [9.17, 15) is 0 Å². The van der Waals surface area contributed by atoms with Gasteiger partial charge in [0.1, 0.15) is 5.82 Å². The van der Waals surface area contributed by atoms with Gasteiger partial charge < -0.3 is 10.2 Å². The molecule has 2 heterocycles. The van der Waals surface area contributed by atoms with Crippen molar-refractivity contribution in [1.82, 2.24) is 4.98 Å². The van der Waals surface area contributed by atoms with Crippen LogP contribution in [0.25, 0.3) is 6.08 Å². The van der Waals surface area contributed by atoms with Crippen LogP contribution in [-0.2, 0) is 0 Å². The minimum atomic E-state index is 0.973. The summed E-state index contributed by atoms with van der Waals surface area (Å²) < 4.78 is 0. The first-order chi connectivity index (χ1) is 7.27. The maximum Gasteiger partial charge on any atom is 0.149 e. The summed E-state index contributed by atoms with van der Waals surface area (Å²) in [5.74, 6) is 1.01. The molecule has 0 unspecified atom stereocenters. The van der Waals surface area contributed by atoms with Crippen LogP contribution in [0.15, 0.2) is 12.8 Å². The van der Waals surface area contributed by atoms with Crippen LogP contribution in [0.2, 0.25) is 0 Å². The lowest BCUT2D eigenvalue weighted by Gasteiger charge is -2.32. The highest BCUT2D eigenvalue weighted by atomic mass is 15.2. The molecule has 0 fully saturated rings. The highest BCUT2D eigenvalue weighted by molar-refractivity contribution is 5.76. The van der Waals surface area contributed by atoms with E-state index in [2.05, 4.69) is 35.6 Å². The van der Waals surface area contributed by atoms with Gasteiger partial charge in [-0.1, -0.05) is 12.7 Å². The molecule has 0 saturated heterocycles. The van der Waals surface area contributed by atoms with E-state index < -0.39 is 0 Å². The van der Waals surface area contributed by atoms with E-state index in [0.717, 1.165) is 31.0 Å². The van der Waals surface area contributed by atoms with Gasteiger partial charge in [0, 0.05) is 25.8 Å². The molecule has 1 aromatic heterocycles. The molecule has 0 spiro atoms. The Bertz CT molecular complexity index is 385. The Kier molecular flexibility index (Phi) is 2.62. The van der Waals surface area contributed by atoms with Gasteiger partial charge in [0.15, 0.2) is 0 Å². The third-order valence-corrected chi connectivity index (χ3v) is 2.94. The van der Waals surface area contributed by atoms with Gasteiger partial charge in [-0.2, -0.15) is 0 Å². The van der Waals surface area contributed by atoms with Crippen molar-refractivity contribution in [3.8, 4) is 0 Å². The standard InChI is InChI=1S/C12H17N3/c1-4-10-8-14-12-11(9(10)3)15(5-2)7-6-13-12/h4,8H,1,5-7H2,2-3H3,(H,13,14). The average molecular weight is 203 g/mol. The van der Waals surface area contributed by atoms with Crippen LogP contribution in [-0.4, -0.2) is 24.6 Å². The molecule has 0 radical (unpaired) electrons. The summed E-state index contributed by atoms with van der Waals surface area (Å²) in [6.07, 6.45) is 3.75. The summed E-state index contributed by atoms with van der Waals surface area (Å²) in [4.78, 5) is 6.79. The number of nitrogens with zero attached hydrogens (tertiary/aromatic N) is 2. The van der Waals surface area contributed by atoms with Gasteiger partial charge in [-0.05, 0) is 25.0 Å². The van der Waals surface area contributed by atoms with E-state index >= 15 is 0 Å². The van der Waals surface area contributed by atoms with E-state index in [4.69, 9.17) is 0 Å². The fraction of sp³-hybridized carbons (Fsp3) is 0.417. The first-order valence-electron chi connectivity index (χ1n) is 5.38. The molecule has 1 N–H and O–H groups in total. The van der Waals surface area contributed by atoms with Crippen molar-refractivity contribution >= 4 is 17.6 Å². The first-order valence-corrected chi connectivity index (χ1v) is 5.38. The van der Waals surface area contributed by atoms with E-state index in [1.807, 2.05) is 12.3 Å². The summed E-state index contributed by atoms with van der Waals surface area (Å²) in [6, 6.07) is 0. The van der Waals surface area contributed by atoms with Crippen LogP contribution in [0.3, 0.4) is 0 Å². The number of anilines is 2. The SMILES string of the molecule is C=Cc1cnc2c(c1C)N(CC)CCN2. The Morgan fingerprint density at radius 1 is 1.67 bits per heavy atom. The van der Waals surface area contributed by atoms with Crippen LogP contribution in [0.4, 0.5) is 11.5 Å². The van der Waals surface area contributed by atoms with Gasteiger partial charge in [0.25, 0.3) is 0 Å². The monoisotopic (exact) mass is 203 g/mol. The summed E-state index contributed by atoms with van der Waals surface area (Å²) in [5, 5.41) is 3.33. The van der Waals surface area contributed by atoms with Crippen molar-refractivity contribution in [2.75, 3.05) is 29.9 Å². The summed E-state index contributed by atoms with van der Waals surface area (Å²) in [6.45, 7) is 11.2. The lowest BCUT2D eigenvalue weighted by molar-refractivity contribution is 0.802. The van der Waals surface area contributed by atoms with Crippen molar-refractivity contribution in [2.24, 2.45) is 0 Å². The van der Waals surface area contributed by atoms with Crippen molar-refractivity contribution in [1.29, 1.82) is 0 Å². The van der Waals surface area contributed by atoms with Crippen LogP contribution in [0.5, 0.6) is 0 Å². The third-order valence-electron chi connectivity index (χ3n) is 2.94. The molecule has 0 atom stereocenters. The Morgan fingerprint density at radius 3 is 3.13 bits per heavy atom. The zero-order chi connectivity index (χ0) is 10.8. The van der Waals surface area contributed by atoms with Gasteiger partial charge in [0.05, 0.1) is 5.69 Å². The van der Waals surface area contributed by atoms with Crippen molar-refractivity contribution in [2.45, 2.75) is 13.8 Å². The van der Waals surface area contributed by atoms with Crippen LogP contribution in [0, 0.1) is 6.92 Å². The van der Waals surface area contributed by atoms with E-state index in [-0.39, 0.29) is 0 Å². The quantitative estimate of drug-likeness (QED) is 0.799. The molecule has 80 valence electrons. The van der Waals surface area contributed by atoms with Gasteiger partial charge in [-0.15, -0.1) is 0 Å². The third kappa shape index (κ3) is 1.58. The smallest absolute Gasteiger partial charge is 0.149 e. The molecule has 0 bridgehead atoms. The van der Waals surface area contributed by atoms with Crippen molar-refractivity contribution in [3.63, 3.8) is 0 Å².